The maximum Gasteiger partial charge on any atom is 0.0312 e. The van der Waals surface area contributed by atoms with Crippen molar-refractivity contribution in [1.82, 2.24) is 15.2 Å². The number of aromatic nitrogens is 1. The molecule has 2 aliphatic heterocycles. The molecule has 2 atom stereocenters. The Morgan fingerprint density at radius 3 is 2.74 bits per heavy atom. The van der Waals surface area contributed by atoms with E-state index in [0.717, 1.165) is 24.7 Å². The Kier molecular flexibility index (Phi) is 4.14. The first-order valence-electron chi connectivity index (χ1n) is 7.74. The zero-order chi connectivity index (χ0) is 13.1. The molecule has 3 heterocycles. The summed E-state index contributed by atoms with van der Waals surface area (Å²) >= 11 is 0. The molecule has 1 N–H and O–H groups in total. The standard InChI is InChI=1S/C16H25N3/c1-2-8-19(12-13-4-3-7-17-11-13)16-9-14-5-6-15(10-16)18-14/h3-4,7,11,14-16,18H,2,5-6,8-10,12H2,1H3. The van der Waals surface area contributed by atoms with Crippen LogP contribution >= 0.6 is 0 Å². The van der Waals surface area contributed by atoms with Crippen LogP contribution in [0.15, 0.2) is 24.5 Å². The Balaban J connectivity index is 1.66. The molecule has 2 bridgehead atoms. The highest BCUT2D eigenvalue weighted by Gasteiger charge is 2.35. The number of fused-ring (bicyclic) bond motifs is 2. The fourth-order valence-electron chi connectivity index (χ4n) is 3.73. The number of nitrogens with one attached hydrogen (secondary N) is 1. The van der Waals surface area contributed by atoms with Gasteiger partial charge in [-0.05, 0) is 50.3 Å². The van der Waals surface area contributed by atoms with E-state index in [1.165, 1.54) is 44.2 Å². The highest BCUT2D eigenvalue weighted by molar-refractivity contribution is 5.09. The van der Waals surface area contributed by atoms with Gasteiger partial charge in [-0.1, -0.05) is 13.0 Å². The summed E-state index contributed by atoms with van der Waals surface area (Å²) in [5.74, 6) is 0. The lowest BCUT2D eigenvalue weighted by Crippen LogP contribution is -2.48. The quantitative estimate of drug-likeness (QED) is 0.881. The van der Waals surface area contributed by atoms with Crippen molar-refractivity contribution in [1.29, 1.82) is 0 Å². The lowest BCUT2D eigenvalue weighted by Gasteiger charge is -2.37. The van der Waals surface area contributed by atoms with Crippen molar-refractivity contribution < 1.29 is 0 Å². The molecule has 0 amide bonds. The first-order chi connectivity index (χ1) is 9.35. The van der Waals surface area contributed by atoms with Gasteiger partial charge in [0.1, 0.15) is 0 Å². The van der Waals surface area contributed by atoms with Gasteiger partial charge in [0, 0.05) is 37.1 Å². The largest absolute Gasteiger partial charge is 0.311 e. The Bertz CT molecular complexity index is 380. The molecule has 0 aromatic carbocycles. The van der Waals surface area contributed by atoms with Crippen molar-refractivity contribution >= 4 is 0 Å². The van der Waals surface area contributed by atoms with Crippen LogP contribution in [0.5, 0.6) is 0 Å². The zero-order valence-electron chi connectivity index (χ0n) is 11.9. The van der Waals surface area contributed by atoms with Gasteiger partial charge in [0.05, 0.1) is 0 Å². The Morgan fingerprint density at radius 1 is 1.32 bits per heavy atom. The van der Waals surface area contributed by atoms with Gasteiger partial charge < -0.3 is 5.32 Å². The number of hydrogen-bond acceptors (Lipinski definition) is 3. The van der Waals surface area contributed by atoms with Crippen LogP contribution in [0.25, 0.3) is 0 Å². The maximum absolute atomic E-state index is 4.25. The molecular weight excluding hydrogens is 234 g/mol. The fraction of sp³-hybridized carbons (Fsp3) is 0.688. The summed E-state index contributed by atoms with van der Waals surface area (Å²) in [4.78, 5) is 6.93. The van der Waals surface area contributed by atoms with Crippen molar-refractivity contribution in [3.63, 3.8) is 0 Å². The lowest BCUT2D eigenvalue weighted by atomic mass is 9.97. The van der Waals surface area contributed by atoms with E-state index >= 15 is 0 Å². The van der Waals surface area contributed by atoms with Crippen molar-refractivity contribution in [2.24, 2.45) is 0 Å². The third kappa shape index (κ3) is 3.15. The van der Waals surface area contributed by atoms with Crippen LogP contribution in [-0.4, -0.2) is 34.6 Å². The van der Waals surface area contributed by atoms with Crippen LogP contribution in [0.2, 0.25) is 0 Å². The predicted octanol–water partition coefficient (Wildman–Crippen LogP) is 2.58. The topological polar surface area (TPSA) is 28.2 Å². The summed E-state index contributed by atoms with van der Waals surface area (Å²) < 4.78 is 0. The molecule has 3 heteroatoms. The molecule has 0 spiro atoms. The van der Waals surface area contributed by atoms with E-state index in [0.29, 0.717) is 0 Å². The van der Waals surface area contributed by atoms with Crippen LogP contribution in [0.1, 0.15) is 44.6 Å². The summed E-state index contributed by atoms with van der Waals surface area (Å²) in [5.41, 5.74) is 1.35. The first kappa shape index (κ1) is 13.1. The van der Waals surface area contributed by atoms with Gasteiger partial charge in [0.15, 0.2) is 0 Å². The zero-order valence-corrected chi connectivity index (χ0v) is 11.9. The van der Waals surface area contributed by atoms with Gasteiger partial charge in [0.25, 0.3) is 0 Å². The molecule has 104 valence electrons. The van der Waals surface area contributed by atoms with Gasteiger partial charge in [-0.3, -0.25) is 9.88 Å². The van der Waals surface area contributed by atoms with Crippen molar-refractivity contribution in [2.75, 3.05) is 6.54 Å². The fourth-order valence-corrected chi connectivity index (χ4v) is 3.73. The third-order valence-corrected chi connectivity index (χ3v) is 4.58. The van der Waals surface area contributed by atoms with E-state index in [-0.39, 0.29) is 0 Å². The Morgan fingerprint density at radius 2 is 2.11 bits per heavy atom. The van der Waals surface area contributed by atoms with E-state index in [9.17, 15) is 0 Å². The Hall–Kier alpha value is -0.930. The molecule has 2 fully saturated rings. The molecule has 1 aromatic rings. The minimum atomic E-state index is 0.763. The molecule has 2 unspecified atom stereocenters. The molecule has 3 rings (SSSR count). The van der Waals surface area contributed by atoms with E-state index in [1.54, 1.807) is 0 Å². The summed E-state index contributed by atoms with van der Waals surface area (Å²) in [7, 11) is 0. The van der Waals surface area contributed by atoms with Crippen LogP contribution in [0.4, 0.5) is 0 Å². The number of pyridine rings is 1. The van der Waals surface area contributed by atoms with Crippen molar-refractivity contribution in [3.05, 3.63) is 30.1 Å². The van der Waals surface area contributed by atoms with Crippen LogP contribution in [0, 0.1) is 0 Å². The highest BCUT2D eigenvalue weighted by Crippen LogP contribution is 2.30. The van der Waals surface area contributed by atoms with E-state index in [2.05, 4.69) is 28.2 Å². The minimum Gasteiger partial charge on any atom is -0.311 e. The summed E-state index contributed by atoms with van der Waals surface area (Å²) in [6, 6.07) is 6.56. The lowest BCUT2D eigenvalue weighted by molar-refractivity contribution is 0.134. The second-order valence-electron chi connectivity index (χ2n) is 6.09. The first-order valence-corrected chi connectivity index (χ1v) is 7.74. The van der Waals surface area contributed by atoms with Crippen molar-refractivity contribution in [3.8, 4) is 0 Å². The molecule has 0 saturated carbocycles. The van der Waals surface area contributed by atoms with Crippen LogP contribution in [-0.2, 0) is 6.54 Å². The monoisotopic (exact) mass is 259 g/mol. The normalized spacial score (nSPS) is 29.9. The Labute approximate surface area is 116 Å². The molecule has 19 heavy (non-hydrogen) atoms. The number of nitrogens with zero attached hydrogens (tertiary/aromatic N) is 2. The molecule has 1 aromatic heterocycles. The van der Waals surface area contributed by atoms with Gasteiger partial charge >= 0.3 is 0 Å². The van der Waals surface area contributed by atoms with E-state index < -0.39 is 0 Å². The second-order valence-corrected chi connectivity index (χ2v) is 6.09. The summed E-state index contributed by atoms with van der Waals surface area (Å²) in [6.45, 7) is 4.55. The van der Waals surface area contributed by atoms with Crippen LogP contribution < -0.4 is 5.32 Å². The molecule has 0 radical (unpaired) electrons. The number of piperidine rings is 1. The van der Waals surface area contributed by atoms with Gasteiger partial charge in [-0.2, -0.15) is 0 Å². The minimum absolute atomic E-state index is 0.763. The summed E-state index contributed by atoms with van der Waals surface area (Å²) in [6.07, 6.45) is 10.5. The van der Waals surface area contributed by atoms with Crippen LogP contribution in [0.3, 0.4) is 0 Å². The molecule has 3 nitrogen and oxygen atoms in total. The molecular formula is C16H25N3. The van der Waals surface area contributed by atoms with E-state index in [4.69, 9.17) is 0 Å². The smallest absolute Gasteiger partial charge is 0.0312 e. The molecule has 2 saturated heterocycles. The molecule has 0 aliphatic carbocycles. The van der Waals surface area contributed by atoms with Gasteiger partial charge in [-0.15, -0.1) is 0 Å². The number of rotatable bonds is 5. The second kappa shape index (κ2) is 6.02. The third-order valence-electron chi connectivity index (χ3n) is 4.58. The molecule has 2 aliphatic rings. The van der Waals surface area contributed by atoms with Gasteiger partial charge in [-0.25, -0.2) is 0 Å². The average molecular weight is 259 g/mol. The maximum atomic E-state index is 4.25. The summed E-state index contributed by atoms with van der Waals surface area (Å²) in [5, 5.41) is 3.74. The number of hydrogen-bond donors (Lipinski definition) is 1. The van der Waals surface area contributed by atoms with E-state index in [1.807, 2.05) is 18.5 Å². The van der Waals surface area contributed by atoms with Crippen molar-refractivity contribution in [2.45, 2.75) is 63.7 Å². The van der Waals surface area contributed by atoms with Gasteiger partial charge in [0.2, 0.25) is 0 Å². The SMILES string of the molecule is CCCN(Cc1cccnc1)C1CC2CCC(C1)N2. The predicted molar refractivity (Wildman–Crippen MR) is 77.9 cm³/mol. The average Bonchev–Trinajstić information content (AvgIpc) is 2.78. The highest BCUT2D eigenvalue weighted by atomic mass is 15.2.